The van der Waals surface area contributed by atoms with Crippen molar-refractivity contribution >= 4 is 34.5 Å². The lowest BCUT2D eigenvalue weighted by atomic mass is 10.2. The fourth-order valence-corrected chi connectivity index (χ4v) is 3.11. The first-order chi connectivity index (χ1) is 11.1. The monoisotopic (exact) mass is 332 g/mol. The number of hydrogen-bond donors (Lipinski definition) is 1. The summed E-state index contributed by atoms with van der Waals surface area (Å²) in [7, 11) is 0. The Bertz CT molecular complexity index is 722. The van der Waals surface area contributed by atoms with Crippen LogP contribution in [0.25, 0.3) is 10.9 Å². The van der Waals surface area contributed by atoms with Gasteiger partial charge >= 0.3 is 0 Å². The number of H-pyrrole nitrogens is 1. The van der Waals surface area contributed by atoms with Crippen LogP contribution >= 0.6 is 11.8 Å². The van der Waals surface area contributed by atoms with Crippen LogP contribution in [0.4, 0.5) is 0 Å². The number of carbonyl (C=O) groups is 2. The van der Waals surface area contributed by atoms with Crippen LogP contribution in [0.3, 0.4) is 0 Å². The highest BCUT2D eigenvalue weighted by Gasteiger charge is 2.28. The molecule has 2 aromatic rings. The molecular formula is C16H20N4O2S. The molecule has 1 aliphatic heterocycles. The van der Waals surface area contributed by atoms with Gasteiger partial charge in [0.25, 0.3) is 5.91 Å². The Kier molecular flexibility index (Phi) is 4.56. The maximum Gasteiger partial charge on any atom is 0.275 e. The third-order valence-electron chi connectivity index (χ3n) is 4.25. The Morgan fingerprint density at radius 1 is 1.17 bits per heavy atom. The highest BCUT2D eigenvalue weighted by atomic mass is 32.2. The molecule has 2 amide bonds. The van der Waals surface area contributed by atoms with Gasteiger partial charge in [-0.15, -0.1) is 0 Å². The van der Waals surface area contributed by atoms with E-state index in [9.17, 15) is 9.59 Å². The molecule has 6 nitrogen and oxygen atoms in total. The molecule has 1 atom stereocenters. The van der Waals surface area contributed by atoms with Gasteiger partial charge in [0.15, 0.2) is 5.69 Å². The Morgan fingerprint density at radius 3 is 2.52 bits per heavy atom. The van der Waals surface area contributed by atoms with E-state index < -0.39 is 0 Å². The first kappa shape index (κ1) is 15.9. The Hall–Kier alpha value is -2.02. The van der Waals surface area contributed by atoms with E-state index in [1.165, 1.54) is 0 Å². The number of nitrogens with one attached hydrogen (secondary N) is 1. The van der Waals surface area contributed by atoms with Crippen molar-refractivity contribution in [2.24, 2.45) is 0 Å². The highest BCUT2D eigenvalue weighted by Crippen LogP contribution is 2.18. The van der Waals surface area contributed by atoms with E-state index in [1.54, 1.807) is 16.7 Å². The van der Waals surface area contributed by atoms with E-state index in [4.69, 9.17) is 0 Å². The summed E-state index contributed by atoms with van der Waals surface area (Å²) in [5, 5.41) is 7.86. The lowest BCUT2D eigenvalue weighted by Gasteiger charge is -2.35. The number of piperazine rings is 1. The third kappa shape index (κ3) is 3.06. The lowest BCUT2D eigenvalue weighted by Crippen LogP contribution is -2.52. The molecule has 1 aromatic carbocycles. The van der Waals surface area contributed by atoms with Crippen LogP contribution in [-0.2, 0) is 4.79 Å². The number of aromatic nitrogens is 2. The maximum atomic E-state index is 12.7. The summed E-state index contributed by atoms with van der Waals surface area (Å²) < 4.78 is 0. The first-order valence-electron chi connectivity index (χ1n) is 7.65. The van der Waals surface area contributed by atoms with Gasteiger partial charge in [-0.05, 0) is 19.2 Å². The minimum Gasteiger partial charge on any atom is -0.338 e. The molecule has 2 heterocycles. The van der Waals surface area contributed by atoms with Crippen molar-refractivity contribution in [3.63, 3.8) is 0 Å². The quantitative estimate of drug-likeness (QED) is 0.927. The molecule has 3 rings (SSSR count). The zero-order chi connectivity index (χ0) is 16.4. The largest absolute Gasteiger partial charge is 0.338 e. The summed E-state index contributed by atoms with van der Waals surface area (Å²) >= 11 is 1.55. The minimum atomic E-state index is -0.0764. The standard InChI is InChI=1S/C16H20N4O2S/c1-11(23-2)15(21)19-7-9-20(10-8-19)16(22)14-12-5-3-4-6-13(12)17-18-14/h3-6,11H,7-10H2,1-2H3,(H,17,18). The van der Waals surface area contributed by atoms with Gasteiger partial charge in [-0.1, -0.05) is 18.2 Å². The lowest BCUT2D eigenvalue weighted by molar-refractivity contribution is -0.131. The molecule has 1 unspecified atom stereocenters. The number of rotatable bonds is 3. The van der Waals surface area contributed by atoms with E-state index in [-0.39, 0.29) is 17.1 Å². The summed E-state index contributed by atoms with van der Waals surface area (Å²) in [5.41, 5.74) is 1.32. The van der Waals surface area contributed by atoms with Crippen molar-refractivity contribution in [2.45, 2.75) is 12.2 Å². The smallest absolute Gasteiger partial charge is 0.275 e. The van der Waals surface area contributed by atoms with Crippen LogP contribution in [0, 0.1) is 0 Å². The maximum absolute atomic E-state index is 12.7. The van der Waals surface area contributed by atoms with Gasteiger partial charge in [0.2, 0.25) is 5.91 Å². The Morgan fingerprint density at radius 2 is 1.83 bits per heavy atom. The average Bonchev–Trinajstić information content (AvgIpc) is 3.04. The minimum absolute atomic E-state index is 0.0347. The molecule has 1 fully saturated rings. The molecule has 0 bridgehead atoms. The van der Waals surface area contributed by atoms with Gasteiger partial charge in [0, 0.05) is 31.6 Å². The van der Waals surface area contributed by atoms with Crippen molar-refractivity contribution in [1.29, 1.82) is 0 Å². The van der Waals surface area contributed by atoms with E-state index in [0.717, 1.165) is 10.9 Å². The highest BCUT2D eigenvalue weighted by molar-refractivity contribution is 7.99. The molecule has 23 heavy (non-hydrogen) atoms. The number of nitrogens with zero attached hydrogens (tertiary/aromatic N) is 3. The van der Waals surface area contributed by atoms with Crippen molar-refractivity contribution in [1.82, 2.24) is 20.0 Å². The van der Waals surface area contributed by atoms with E-state index in [2.05, 4.69) is 10.2 Å². The number of para-hydroxylation sites is 1. The normalized spacial score (nSPS) is 16.6. The third-order valence-corrected chi connectivity index (χ3v) is 5.16. The fourth-order valence-electron chi connectivity index (χ4n) is 2.76. The molecule has 1 aromatic heterocycles. The predicted octanol–water partition coefficient (Wildman–Crippen LogP) is 1.60. The zero-order valence-electron chi connectivity index (χ0n) is 13.3. The van der Waals surface area contributed by atoms with Crippen molar-refractivity contribution in [3.8, 4) is 0 Å². The van der Waals surface area contributed by atoms with E-state index in [0.29, 0.717) is 31.9 Å². The van der Waals surface area contributed by atoms with Crippen molar-refractivity contribution in [3.05, 3.63) is 30.0 Å². The number of benzene rings is 1. The molecule has 0 spiro atoms. The fraction of sp³-hybridized carbons (Fsp3) is 0.438. The molecule has 122 valence electrons. The SMILES string of the molecule is CSC(C)C(=O)N1CCN(C(=O)c2n[nH]c3ccccc23)CC1. The second-order valence-corrected chi connectivity index (χ2v) is 6.79. The Labute approximate surface area is 139 Å². The molecular weight excluding hydrogens is 312 g/mol. The second kappa shape index (κ2) is 6.62. The number of hydrogen-bond acceptors (Lipinski definition) is 4. The van der Waals surface area contributed by atoms with Gasteiger partial charge < -0.3 is 9.80 Å². The number of aromatic amines is 1. The van der Waals surface area contributed by atoms with E-state index >= 15 is 0 Å². The topological polar surface area (TPSA) is 69.3 Å². The molecule has 7 heteroatoms. The first-order valence-corrected chi connectivity index (χ1v) is 8.94. The number of amides is 2. The van der Waals surface area contributed by atoms with Gasteiger partial charge in [0.1, 0.15) is 0 Å². The number of thioether (sulfide) groups is 1. The van der Waals surface area contributed by atoms with Crippen LogP contribution < -0.4 is 0 Å². The molecule has 1 aliphatic rings. The van der Waals surface area contributed by atoms with Crippen LogP contribution in [0.2, 0.25) is 0 Å². The summed E-state index contributed by atoms with van der Waals surface area (Å²) in [5.74, 6) is 0.0716. The van der Waals surface area contributed by atoms with Crippen LogP contribution in [0.5, 0.6) is 0 Å². The molecule has 0 radical (unpaired) electrons. The van der Waals surface area contributed by atoms with E-state index in [1.807, 2.05) is 42.3 Å². The van der Waals surface area contributed by atoms with Gasteiger partial charge in [-0.25, -0.2) is 0 Å². The van der Waals surface area contributed by atoms with Crippen LogP contribution in [0.1, 0.15) is 17.4 Å². The Balaban J connectivity index is 1.68. The summed E-state index contributed by atoms with van der Waals surface area (Å²) in [6.07, 6.45) is 1.94. The summed E-state index contributed by atoms with van der Waals surface area (Å²) in [4.78, 5) is 28.5. The second-order valence-electron chi connectivity index (χ2n) is 5.61. The van der Waals surface area contributed by atoms with Crippen molar-refractivity contribution < 1.29 is 9.59 Å². The zero-order valence-corrected chi connectivity index (χ0v) is 14.1. The number of carbonyl (C=O) groups excluding carboxylic acids is 2. The molecule has 0 aliphatic carbocycles. The summed E-state index contributed by atoms with van der Waals surface area (Å²) in [6, 6.07) is 7.60. The van der Waals surface area contributed by atoms with Gasteiger partial charge in [-0.3, -0.25) is 14.7 Å². The van der Waals surface area contributed by atoms with Crippen LogP contribution in [-0.4, -0.2) is 69.5 Å². The predicted molar refractivity (Wildman–Crippen MR) is 91.6 cm³/mol. The molecule has 1 saturated heterocycles. The van der Waals surface area contributed by atoms with Gasteiger partial charge in [-0.2, -0.15) is 16.9 Å². The van der Waals surface area contributed by atoms with Gasteiger partial charge in [0.05, 0.1) is 10.8 Å². The summed E-state index contributed by atoms with van der Waals surface area (Å²) in [6.45, 7) is 4.18. The average molecular weight is 332 g/mol. The van der Waals surface area contributed by atoms with Crippen molar-refractivity contribution in [2.75, 3.05) is 32.4 Å². The number of fused-ring (bicyclic) bond motifs is 1. The molecule has 0 saturated carbocycles. The molecule has 1 N–H and O–H groups in total. The van der Waals surface area contributed by atoms with Crippen LogP contribution in [0.15, 0.2) is 24.3 Å².